The molecule has 7 heteroatoms. The summed E-state index contributed by atoms with van der Waals surface area (Å²) >= 11 is 0. The van der Waals surface area contributed by atoms with Crippen LogP contribution >= 0.6 is 0 Å². The number of nitrogen functional groups attached to an aromatic ring is 1. The first kappa shape index (κ1) is 12.2. The first-order valence-corrected chi connectivity index (χ1v) is 5.65. The maximum Gasteiger partial charge on any atom is 0.251 e. The molecule has 1 aliphatic rings. The Labute approximate surface area is 104 Å². The topological polar surface area (TPSA) is 114 Å². The molecule has 1 fully saturated rings. The molecule has 0 aromatic carbocycles. The summed E-state index contributed by atoms with van der Waals surface area (Å²) in [4.78, 5) is 28.6. The second kappa shape index (κ2) is 4.91. The molecule has 5 N–H and O–H groups in total. The van der Waals surface area contributed by atoms with Crippen LogP contribution in [-0.2, 0) is 4.79 Å². The number of pyridine rings is 1. The van der Waals surface area contributed by atoms with Crippen molar-refractivity contribution in [3.8, 4) is 0 Å². The zero-order valence-electron chi connectivity index (χ0n) is 9.85. The largest absolute Gasteiger partial charge is 0.384 e. The zero-order valence-corrected chi connectivity index (χ0v) is 9.85. The van der Waals surface area contributed by atoms with Gasteiger partial charge in [0.05, 0.1) is 24.0 Å². The van der Waals surface area contributed by atoms with E-state index in [0.717, 1.165) is 6.42 Å². The molecule has 2 heterocycles. The average molecular weight is 249 g/mol. The number of aromatic nitrogens is 1. The molecule has 18 heavy (non-hydrogen) atoms. The molecule has 7 nitrogen and oxygen atoms in total. The van der Waals surface area contributed by atoms with Gasteiger partial charge in [0.1, 0.15) is 5.82 Å². The van der Waals surface area contributed by atoms with E-state index >= 15 is 0 Å². The minimum atomic E-state index is -0.580. The normalized spacial score (nSPS) is 16.0. The predicted octanol–water partition coefficient (Wildman–Crippen LogP) is -0.911. The molecule has 0 atom stereocenters. The fourth-order valence-corrected chi connectivity index (χ4v) is 1.93. The molecule has 1 saturated heterocycles. The lowest BCUT2D eigenvalue weighted by atomic mass is 10.2. The summed E-state index contributed by atoms with van der Waals surface area (Å²) < 4.78 is 0. The Morgan fingerprint density at radius 2 is 2.28 bits per heavy atom. The summed E-state index contributed by atoms with van der Waals surface area (Å²) in [7, 11) is 0. The van der Waals surface area contributed by atoms with Crippen molar-refractivity contribution in [1.29, 1.82) is 0 Å². The first-order chi connectivity index (χ1) is 8.58. The van der Waals surface area contributed by atoms with Crippen LogP contribution in [0.25, 0.3) is 0 Å². The summed E-state index contributed by atoms with van der Waals surface area (Å²) in [5, 5.41) is 2.76. The third kappa shape index (κ3) is 2.50. The van der Waals surface area contributed by atoms with Crippen molar-refractivity contribution in [2.24, 2.45) is 5.73 Å². The van der Waals surface area contributed by atoms with E-state index in [0.29, 0.717) is 18.8 Å². The number of anilines is 2. The van der Waals surface area contributed by atoms with Crippen molar-refractivity contribution in [1.82, 2.24) is 10.3 Å². The van der Waals surface area contributed by atoms with Gasteiger partial charge in [-0.15, -0.1) is 0 Å². The molecule has 1 aromatic rings. The molecule has 0 bridgehead atoms. The van der Waals surface area contributed by atoms with E-state index in [9.17, 15) is 9.59 Å². The minimum Gasteiger partial charge on any atom is -0.384 e. The summed E-state index contributed by atoms with van der Waals surface area (Å²) in [5.41, 5.74) is 11.7. The molecule has 0 aliphatic carbocycles. The third-order valence-electron chi connectivity index (χ3n) is 2.77. The maximum atomic E-state index is 11.5. The number of rotatable bonds is 2. The van der Waals surface area contributed by atoms with Gasteiger partial charge in [-0.05, 0) is 12.5 Å². The average Bonchev–Trinajstić information content (AvgIpc) is 2.53. The lowest BCUT2D eigenvalue weighted by molar-refractivity contribution is -0.119. The van der Waals surface area contributed by atoms with Crippen LogP contribution in [0.1, 0.15) is 16.8 Å². The van der Waals surface area contributed by atoms with Crippen molar-refractivity contribution < 1.29 is 9.59 Å². The number of hydrogen-bond donors (Lipinski definition) is 3. The van der Waals surface area contributed by atoms with Crippen molar-refractivity contribution in [3.63, 3.8) is 0 Å². The summed E-state index contributed by atoms with van der Waals surface area (Å²) in [6.07, 6.45) is 2.28. The van der Waals surface area contributed by atoms with Crippen LogP contribution < -0.4 is 21.7 Å². The van der Waals surface area contributed by atoms with Gasteiger partial charge in [0.2, 0.25) is 5.91 Å². The Balaban J connectivity index is 2.36. The molecule has 0 saturated carbocycles. The van der Waals surface area contributed by atoms with E-state index in [-0.39, 0.29) is 23.8 Å². The van der Waals surface area contributed by atoms with Crippen LogP contribution in [0.2, 0.25) is 0 Å². The Kier molecular flexibility index (Phi) is 3.31. The molecule has 0 radical (unpaired) electrons. The molecule has 0 spiro atoms. The van der Waals surface area contributed by atoms with E-state index in [1.807, 2.05) is 0 Å². The van der Waals surface area contributed by atoms with Gasteiger partial charge in [-0.25, -0.2) is 4.98 Å². The van der Waals surface area contributed by atoms with Gasteiger partial charge in [-0.1, -0.05) is 0 Å². The highest BCUT2D eigenvalue weighted by Crippen LogP contribution is 2.21. The first-order valence-electron chi connectivity index (χ1n) is 5.65. The number of carbonyl (C=O) groups is 2. The van der Waals surface area contributed by atoms with E-state index in [1.165, 1.54) is 12.3 Å². The Morgan fingerprint density at radius 1 is 1.50 bits per heavy atom. The van der Waals surface area contributed by atoms with E-state index < -0.39 is 5.91 Å². The Morgan fingerprint density at radius 3 is 3.00 bits per heavy atom. The summed E-state index contributed by atoms with van der Waals surface area (Å²) in [6.45, 7) is 1.47. The second-order valence-corrected chi connectivity index (χ2v) is 4.12. The standard InChI is InChI=1S/C11H15N5O2/c12-9-4-7(11(13)18)8(5-15-9)16-3-1-2-14-10(17)6-16/h4-5H,1-3,6H2,(H2,12,15)(H2,13,18)(H,14,17). The molecular weight excluding hydrogens is 234 g/mol. The highest BCUT2D eigenvalue weighted by atomic mass is 16.2. The summed E-state index contributed by atoms with van der Waals surface area (Å²) in [6, 6.07) is 1.43. The quantitative estimate of drug-likeness (QED) is 0.627. The molecule has 1 aromatic heterocycles. The number of primary amides is 1. The number of amides is 2. The molecule has 2 rings (SSSR count). The van der Waals surface area contributed by atoms with Crippen LogP contribution in [0.15, 0.2) is 12.3 Å². The lowest BCUT2D eigenvalue weighted by Gasteiger charge is -2.22. The fourth-order valence-electron chi connectivity index (χ4n) is 1.93. The smallest absolute Gasteiger partial charge is 0.251 e. The van der Waals surface area contributed by atoms with Crippen molar-refractivity contribution in [3.05, 3.63) is 17.8 Å². The molecule has 96 valence electrons. The predicted molar refractivity (Wildman–Crippen MR) is 67.0 cm³/mol. The van der Waals surface area contributed by atoms with Gasteiger partial charge >= 0.3 is 0 Å². The number of nitrogens with zero attached hydrogens (tertiary/aromatic N) is 2. The van der Waals surface area contributed by atoms with Gasteiger partial charge in [0.25, 0.3) is 5.91 Å². The van der Waals surface area contributed by atoms with Crippen molar-refractivity contribution in [2.45, 2.75) is 6.42 Å². The fraction of sp³-hybridized carbons (Fsp3) is 0.364. The van der Waals surface area contributed by atoms with Crippen LogP contribution in [0.3, 0.4) is 0 Å². The number of hydrogen-bond acceptors (Lipinski definition) is 5. The highest BCUT2D eigenvalue weighted by Gasteiger charge is 2.20. The molecule has 2 amide bonds. The number of carbonyl (C=O) groups excluding carboxylic acids is 2. The minimum absolute atomic E-state index is 0.0836. The second-order valence-electron chi connectivity index (χ2n) is 4.12. The monoisotopic (exact) mass is 249 g/mol. The number of nitrogens with one attached hydrogen (secondary N) is 1. The van der Waals surface area contributed by atoms with E-state index in [1.54, 1.807) is 4.90 Å². The summed E-state index contributed by atoms with van der Waals surface area (Å²) in [5.74, 6) is -0.435. The van der Waals surface area contributed by atoms with Gasteiger partial charge < -0.3 is 21.7 Å². The van der Waals surface area contributed by atoms with Gasteiger partial charge in [-0.3, -0.25) is 9.59 Å². The van der Waals surface area contributed by atoms with Crippen LogP contribution in [0, 0.1) is 0 Å². The van der Waals surface area contributed by atoms with E-state index in [2.05, 4.69) is 10.3 Å². The molecule has 1 aliphatic heterocycles. The Bertz CT molecular complexity index is 488. The number of nitrogens with two attached hydrogens (primary N) is 2. The van der Waals surface area contributed by atoms with Crippen molar-refractivity contribution >= 4 is 23.3 Å². The molecule has 0 unspecified atom stereocenters. The van der Waals surface area contributed by atoms with E-state index in [4.69, 9.17) is 11.5 Å². The lowest BCUT2D eigenvalue weighted by Crippen LogP contribution is -2.34. The van der Waals surface area contributed by atoms with Crippen LogP contribution in [-0.4, -0.2) is 36.4 Å². The Hall–Kier alpha value is -2.31. The SMILES string of the molecule is NC(=O)c1cc(N)ncc1N1CCCNC(=O)C1. The molecular formula is C11H15N5O2. The van der Waals surface area contributed by atoms with Gasteiger partial charge in [-0.2, -0.15) is 0 Å². The zero-order chi connectivity index (χ0) is 13.1. The van der Waals surface area contributed by atoms with Crippen molar-refractivity contribution in [2.75, 3.05) is 30.3 Å². The van der Waals surface area contributed by atoms with Gasteiger partial charge in [0.15, 0.2) is 0 Å². The third-order valence-corrected chi connectivity index (χ3v) is 2.77. The van der Waals surface area contributed by atoms with Gasteiger partial charge in [0, 0.05) is 13.1 Å². The van der Waals surface area contributed by atoms with Crippen LogP contribution in [0.5, 0.6) is 0 Å². The highest BCUT2D eigenvalue weighted by molar-refractivity contribution is 5.99. The maximum absolute atomic E-state index is 11.5. The van der Waals surface area contributed by atoms with Crippen LogP contribution in [0.4, 0.5) is 11.5 Å².